The molecule has 2 heterocycles. The van der Waals surface area contributed by atoms with E-state index in [9.17, 15) is 9.59 Å². The number of fused-ring (bicyclic) bond motifs is 2. The summed E-state index contributed by atoms with van der Waals surface area (Å²) < 4.78 is 2.93. The Bertz CT molecular complexity index is 1510. The number of nitrogens with zero attached hydrogens (tertiary/aromatic N) is 5. The van der Waals surface area contributed by atoms with Crippen LogP contribution in [0.3, 0.4) is 0 Å². The smallest absolute Gasteiger partial charge is 0.278 e. The summed E-state index contributed by atoms with van der Waals surface area (Å²) in [6, 6.07) is 24.1. The molecule has 0 bridgehead atoms. The molecule has 0 unspecified atom stereocenters. The molecule has 3 aromatic carbocycles. The standard InChI is InChI=1S/C23H17N5O2S/c29-21-17-10-4-6-12-19(17)24-23(27(21)14-16-8-2-1-3-9-16)31-15-28-22(30)18-11-5-7-13-20(18)25-26-28/h1-13H,14-15H2. The van der Waals surface area contributed by atoms with Crippen LogP contribution in [0.4, 0.5) is 0 Å². The lowest BCUT2D eigenvalue weighted by Gasteiger charge is -2.13. The molecule has 0 spiro atoms. The molecule has 8 heteroatoms. The minimum Gasteiger partial charge on any atom is -0.283 e. The van der Waals surface area contributed by atoms with Crippen LogP contribution in [0.5, 0.6) is 0 Å². The molecule has 0 amide bonds. The molecule has 0 fully saturated rings. The van der Waals surface area contributed by atoms with E-state index in [2.05, 4.69) is 10.3 Å². The van der Waals surface area contributed by atoms with Gasteiger partial charge in [0, 0.05) is 0 Å². The van der Waals surface area contributed by atoms with Crippen molar-refractivity contribution in [3.63, 3.8) is 0 Å². The van der Waals surface area contributed by atoms with Gasteiger partial charge in [-0.1, -0.05) is 71.6 Å². The monoisotopic (exact) mass is 427 g/mol. The Hall–Kier alpha value is -3.78. The minimum atomic E-state index is -0.226. The number of hydrogen-bond donors (Lipinski definition) is 0. The summed E-state index contributed by atoms with van der Waals surface area (Å²) in [6.45, 7) is 0.387. The molecule has 5 rings (SSSR count). The van der Waals surface area contributed by atoms with Crippen molar-refractivity contribution in [2.75, 3.05) is 0 Å². The molecule has 0 aliphatic heterocycles. The Morgan fingerprint density at radius 1 is 0.742 bits per heavy atom. The van der Waals surface area contributed by atoms with Crippen molar-refractivity contribution in [2.24, 2.45) is 0 Å². The largest absolute Gasteiger partial charge is 0.283 e. The minimum absolute atomic E-state index is 0.117. The van der Waals surface area contributed by atoms with E-state index in [1.165, 1.54) is 16.4 Å². The highest BCUT2D eigenvalue weighted by atomic mass is 32.2. The van der Waals surface area contributed by atoms with Crippen molar-refractivity contribution >= 4 is 33.6 Å². The normalized spacial score (nSPS) is 11.2. The van der Waals surface area contributed by atoms with Crippen LogP contribution in [0, 0.1) is 0 Å². The molecular formula is C23H17N5O2S. The van der Waals surface area contributed by atoms with Gasteiger partial charge in [0.05, 0.1) is 28.7 Å². The summed E-state index contributed by atoms with van der Waals surface area (Å²) in [6.07, 6.45) is 0. The lowest BCUT2D eigenvalue weighted by molar-refractivity contribution is 0.630. The predicted octanol–water partition coefficient (Wildman–Crippen LogP) is 3.30. The van der Waals surface area contributed by atoms with Gasteiger partial charge in [0.15, 0.2) is 5.16 Å². The van der Waals surface area contributed by atoms with Gasteiger partial charge < -0.3 is 0 Å². The maximum absolute atomic E-state index is 13.2. The fraction of sp³-hybridized carbons (Fsp3) is 0.0870. The van der Waals surface area contributed by atoms with Crippen molar-refractivity contribution in [1.82, 2.24) is 24.5 Å². The second kappa shape index (κ2) is 8.16. The van der Waals surface area contributed by atoms with Crippen molar-refractivity contribution in [1.29, 1.82) is 0 Å². The Labute approximate surface area is 181 Å². The Morgan fingerprint density at radius 2 is 1.39 bits per heavy atom. The lowest BCUT2D eigenvalue weighted by Crippen LogP contribution is -2.26. The third-order valence-corrected chi connectivity index (χ3v) is 5.90. The van der Waals surface area contributed by atoms with Crippen LogP contribution in [0.1, 0.15) is 5.56 Å². The molecule has 31 heavy (non-hydrogen) atoms. The van der Waals surface area contributed by atoms with Crippen LogP contribution in [0.15, 0.2) is 93.6 Å². The van der Waals surface area contributed by atoms with Crippen LogP contribution in [-0.2, 0) is 12.4 Å². The number of hydrogen-bond acceptors (Lipinski definition) is 6. The van der Waals surface area contributed by atoms with E-state index in [1.807, 2.05) is 54.6 Å². The SMILES string of the molecule is O=c1c2ccccc2nnn1CSc1nc2ccccc2c(=O)n1Cc1ccccc1. The highest BCUT2D eigenvalue weighted by Crippen LogP contribution is 2.20. The number of para-hydroxylation sites is 1. The first-order valence-corrected chi connectivity index (χ1v) is 10.7. The maximum Gasteiger partial charge on any atom is 0.278 e. The summed E-state index contributed by atoms with van der Waals surface area (Å²) in [5, 5.41) is 9.75. The van der Waals surface area contributed by atoms with Crippen LogP contribution in [0.25, 0.3) is 21.8 Å². The Morgan fingerprint density at radius 3 is 2.16 bits per heavy atom. The maximum atomic E-state index is 13.2. The molecule has 0 saturated carbocycles. The summed E-state index contributed by atoms with van der Waals surface area (Å²) in [7, 11) is 0. The quantitative estimate of drug-likeness (QED) is 0.316. The van der Waals surface area contributed by atoms with Gasteiger partial charge in [-0.25, -0.2) is 4.98 Å². The van der Waals surface area contributed by atoms with Crippen LogP contribution < -0.4 is 11.1 Å². The average Bonchev–Trinajstić information content (AvgIpc) is 2.82. The first-order chi connectivity index (χ1) is 15.2. The summed E-state index contributed by atoms with van der Waals surface area (Å²) in [4.78, 5) is 30.7. The number of aromatic nitrogens is 5. The van der Waals surface area contributed by atoms with E-state index >= 15 is 0 Å². The molecule has 7 nitrogen and oxygen atoms in total. The number of rotatable bonds is 5. The summed E-state index contributed by atoms with van der Waals surface area (Å²) in [5.74, 6) is 0.191. The van der Waals surface area contributed by atoms with E-state index in [-0.39, 0.29) is 17.0 Å². The first-order valence-electron chi connectivity index (χ1n) is 9.69. The molecule has 0 N–H and O–H groups in total. The Balaban J connectivity index is 1.56. The van der Waals surface area contributed by atoms with E-state index in [4.69, 9.17) is 4.98 Å². The lowest BCUT2D eigenvalue weighted by atomic mass is 10.2. The fourth-order valence-electron chi connectivity index (χ4n) is 3.39. The summed E-state index contributed by atoms with van der Waals surface area (Å²) >= 11 is 1.28. The zero-order chi connectivity index (χ0) is 21.2. The summed E-state index contributed by atoms with van der Waals surface area (Å²) in [5.41, 5.74) is 1.82. The van der Waals surface area contributed by atoms with Gasteiger partial charge in [0.2, 0.25) is 0 Å². The van der Waals surface area contributed by atoms with Crippen LogP contribution >= 0.6 is 11.8 Å². The highest BCUT2D eigenvalue weighted by Gasteiger charge is 2.13. The molecule has 0 radical (unpaired) electrons. The molecule has 152 valence electrons. The van der Waals surface area contributed by atoms with Crippen molar-refractivity contribution < 1.29 is 0 Å². The third-order valence-electron chi connectivity index (χ3n) is 4.96. The first kappa shape index (κ1) is 19.2. The molecule has 0 atom stereocenters. The van der Waals surface area contributed by atoms with E-state index < -0.39 is 0 Å². The average molecular weight is 427 g/mol. The molecular weight excluding hydrogens is 410 g/mol. The fourth-order valence-corrected chi connectivity index (χ4v) is 4.26. The van der Waals surface area contributed by atoms with Crippen molar-refractivity contribution in [2.45, 2.75) is 17.6 Å². The topological polar surface area (TPSA) is 82.7 Å². The van der Waals surface area contributed by atoms with Crippen LogP contribution in [0.2, 0.25) is 0 Å². The van der Waals surface area contributed by atoms with Crippen LogP contribution in [-0.4, -0.2) is 24.5 Å². The van der Waals surface area contributed by atoms with Gasteiger partial charge in [-0.15, -0.1) is 5.10 Å². The van der Waals surface area contributed by atoms with Gasteiger partial charge in [-0.05, 0) is 29.8 Å². The third kappa shape index (κ3) is 3.73. The van der Waals surface area contributed by atoms with Gasteiger partial charge in [-0.2, -0.15) is 4.68 Å². The second-order valence-corrected chi connectivity index (χ2v) is 7.89. The van der Waals surface area contributed by atoms with Gasteiger partial charge in [-0.3, -0.25) is 14.2 Å². The molecule has 0 aliphatic rings. The van der Waals surface area contributed by atoms with E-state index in [0.717, 1.165) is 5.56 Å². The second-order valence-electron chi connectivity index (χ2n) is 6.97. The molecule has 0 saturated heterocycles. The highest BCUT2D eigenvalue weighted by molar-refractivity contribution is 7.98. The van der Waals surface area contributed by atoms with Crippen molar-refractivity contribution in [3.05, 3.63) is 105 Å². The van der Waals surface area contributed by atoms with E-state index in [0.29, 0.717) is 33.5 Å². The van der Waals surface area contributed by atoms with Gasteiger partial charge in [0.25, 0.3) is 11.1 Å². The molecule has 2 aromatic heterocycles. The zero-order valence-electron chi connectivity index (χ0n) is 16.4. The van der Waals surface area contributed by atoms with E-state index in [1.54, 1.807) is 28.8 Å². The zero-order valence-corrected chi connectivity index (χ0v) is 17.2. The van der Waals surface area contributed by atoms with Gasteiger partial charge in [0.1, 0.15) is 5.52 Å². The van der Waals surface area contributed by atoms with Gasteiger partial charge >= 0.3 is 0 Å². The number of thioether (sulfide) groups is 1. The predicted molar refractivity (Wildman–Crippen MR) is 121 cm³/mol. The molecule has 5 aromatic rings. The molecule has 0 aliphatic carbocycles. The Kier molecular flexibility index (Phi) is 5.05. The number of benzene rings is 3. The van der Waals surface area contributed by atoms with Crippen molar-refractivity contribution in [3.8, 4) is 0 Å².